The molecule has 11 heavy (non-hydrogen) atoms. The summed E-state index contributed by atoms with van der Waals surface area (Å²) in [6.07, 6.45) is -0.773. The summed E-state index contributed by atoms with van der Waals surface area (Å²) in [4.78, 5) is 0. The van der Waals surface area contributed by atoms with Crippen LogP contribution >= 0.6 is 0 Å². The third-order valence-corrected chi connectivity index (χ3v) is 1.56. The van der Waals surface area contributed by atoms with E-state index in [0.717, 1.165) is 0 Å². The molecule has 0 bridgehead atoms. The lowest BCUT2D eigenvalue weighted by molar-refractivity contribution is 0.00170. The molecule has 0 spiro atoms. The van der Waals surface area contributed by atoms with Crippen LogP contribution in [-0.2, 0) is 0 Å². The number of hydrogen-bond acceptors (Lipinski definition) is 4. The molecule has 4 nitrogen and oxygen atoms in total. The minimum absolute atomic E-state index is 0.0855. The zero-order valence-corrected chi connectivity index (χ0v) is 6.82. The third-order valence-electron chi connectivity index (χ3n) is 1.56. The Labute approximate surface area is 66.9 Å². The summed E-state index contributed by atoms with van der Waals surface area (Å²) >= 11 is 0. The van der Waals surface area contributed by atoms with E-state index < -0.39 is 12.2 Å². The van der Waals surface area contributed by atoms with Crippen LogP contribution in [0.25, 0.3) is 0 Å². The number of nitrogens with one attached hydrogen (secondary N) is 1. The van der Waals surface area contributed by atoms with Gasteiger partial charge < -0.3 is 20.6 Å². The van der Waals surface area contributed by atoms with Gasteiger partial charge in [0.1, 0.15) is 0 Å². The highest BCUT2D eigenvalue weighted by Gasteiger charge is 2.14. The van der Waals surface area contributed by atoms with Gasteiger partial charge in [-0.05, 0) is 26.4 Å². The molecule has 0 heterocycles. The summed E-state index contributed by atoms with van der Waals surface area (Å²) in [6.45, 7) is 0.585. The predicted octanol–water partition coefficient (Wildman–Crippen LogP) is -1.30. The van der Waals surface area contributed by atoms with Gasteiger partial charge >= 0.3 is 0 Å². The Morgan fingerprint density at radius 3 is 2.18 bits per heavy atom. The van der Waals surface area contributed by atoms with E-state index >= 15 is 0 Å². The molecule has 4 heteroatoms. The highest BCUT2D eigenvalue weighted by molar-refractivity contribution is 4.67. The topological polar surface area (TPSA) is 72.7 Å². The molecule has 0 unspecified atom stereocenters. The Balaban J connectivity index is 3.38. The fourth-order valence-corrected chi connectivity index (χ4v) is 0.809. The maximum atomic E-state index is 9.18. The lowest BCUT2D eigenvalue weighted by Gasteiger charge is -2.15. The Bertz CT molecular complexity index is 89.8. The zero-order valence-electron chi connectivity index (χ0n) is 6.82. The van der Waals surface area contributed by atoms with Gasteiger partial charge in [-0.25, -0.2) is 0 Å². The average Bonchev–Trinajstić information content (AvgIpc) is 2.00. The molecule has 0 aromatic heterocycles. The molecule has 68 valence electrons. The van der Waals surface area contributed by atoms with Crippen molar-refractivity contribution in [3.05, 3.63) is 0 Å². The summed E-state index contributed by atoms with van der Waals surface area (Å²) in [6, 6.07) is 0. The van der Waals surface area contributed by atoms with Gasteiger partial charge in [0.25, 0.3) is 0 Å². The van der Waals surface area contributed by atoms with Gasteiger partial charge in [0.15, 0.2) is 0 Å². The largest absolute Gasteiger partial charge is 0.396 e. The van der Waals surface area contributed by atoms with E-state index in [2.05, 4.69) is 5.32 Å². The Hall–Kier alpha value is -0.160. The molecular weight excluding hydrogens is 146 g/mol. The van der Waals surface area contributed by atoms with Crippen LogP contribution in [0.15, 0.2) is 0 Å². The van der Waals surface area contributed by atoms with Crippen molar-refractivity contribution in [3.63, 3.8) is 0 Å². The predicted molar refractivity (Wildman–Crippen MR) is 42.3 cm³/mol. The maximum absolute atomic E-state index is 9.18. The molecule has 0 fully saturated rings. The Morgan fingerprint density at radius 1 is 1.18 bits per heavy atom. The zero-order chi connectivity index (χ0) is 8.69. The van der Waals surface area contributed by atoms with Crippen molar-refractivity contribution >= 4 is 0 Å². The Morgan fingerprint density at radius 2 is 1.73 bits per heavy atom. The normalized spacial score (nSPS) is 16.4. The Kier molecular flexibility index (Phi) is 6.45. The van der Waals surface area contributed by atoms with E-state index in [0.29, 0.717) is 13.0 Å². The quantitative estimate of drug-likeness (QED) is 0.393. The highest BCUT2D eigenvalue weighted by Crippen LogP contribution is 2.01. The number of aliphatic hydroxyl groups is 3. The van der Waals surface area contributed by atoms with Gasteiger partial charge in [0.2, 0.25) is 0 Å². The lowest BCUT2D eigenvalue weighted by atomic mass is 10.1. The van der Waals surface area contributed by atoms with Gasteiger partial charge in [0, 0.05) is 6.61 Å². The first-order valence-electron chi connectivity index (χ1n) is 3.84. The fraction of sp³-hybridized carbons (Fsp3) is 1.00. The van der Waals surface area contributed by atoms with Crippen molar-refractivity contribution in [3.8, 4) is 0 Å². The summed E-state index contributed by atoms with van der Waals surface area (Å²) in [5, 5.41) is 29.6. The molecule has 0 radical (unpaired) electrons. The van der Waals surface area contributed by atoms with Crippen LogP contribution < -0.4 is 5.32 Å². The molecule has 4 N–H and O–H groups in total. The molecule has 0 saturated carbocycles. The standard InChI is InChI=1S/C7H17NO3/c1-8-4-2-6(10)7(11)3-5-9/h6-11H,2-5H2,1H3/t6-,7-/m1/s1. The van der Waals surface area contributed by atoms with Gasteiger partial charge in [0.05, 0.1) is 12.2 Å². The van der Waals surface area contributed by atoms with Crippen molar-refractivity contribution in [2.45, 2.75) is 25.0 Å². The van der Waals surface area contributed by atoms with E-state index in [1.54, 1.807) is 7.05 Å². The first-order valence-corrected chi connectivity index (χ1v) is 3.84. The summed E-state index contributed by atoms with van der Waals surface area (Å²) < 4.78 is 0. The van der Waals surface area contributed by atoms with Crippen molar-refractivity contribution in [2.24, 2.45) is 0 Å². The number of rotatable bonds is 6. The van der Waals surface area contributed by atoms with Gasteiger partial charge in [-0.2, -0.15) is 0 Å². The van der Waals surface area contributed by atoms with Crippen LogP contribution in [0.5, 0.6) is 0 Å². The van der Waals surface area contributed by atoms with Crippen LogP contribution in [0.3, 0.4) is 0 Å². The van der Waals surface area contributed by atoms with E-state index in [1.807, 2.05) is 0 Å². The summed E-state index contributed by atoms with van der Waals surface area (Å²) in [5.74, 6) is 0. The first kappa shape index (κ1) is 10.8. The minimum Gasteiger partial charge on any atom is -0.396 e. The van der Waals surface area contributed by atoms with E-state index in [-0.39, 0.29) is 13.0 Å². The minimum atomic E-state index is -0.798. The van der Waals surface area contributed by atoms with Crippen molar-refractivity contribution in [2.75, 3.05) is 20.2 Å². The van der Waals surface area contributed by atoms with Crippen molar-refractivity contribution in [1.29, 1.82) is 0 Å². The molecular formula is C7H17NO3. The monoisotopic (exact) mass is 163 g/mol. The van der Waals surface area contributed by atoms with Crippen LogP contribution in [0.2, 0.25) is 0 Å². The van der Waals surface area contributed by atoms with Crippen LogP contribution in [0.1, 0.15) is 12.8 Å². The number of hydrogen-bond donors (Lipinski definition) is 4. The fourth-order valence-electron chi connectivity index (χ4n) is 0.809. The van der Waals surface area contributed by atoms with Crippen LogP contribution in [0, 0.1) is 0 Å². The highest BCUT2D eigenvalue weighted by atomic mass is 16.3. The van der Waals surface area contributed by atoms with Crippen molar-refractivity contribution in [1.82, 2.24) is 5.32 Å². The van der Waals surface area contributed by atoms with E-state index in [9.17, 15) is 5.11 Å². The second-order valence-electron chi connectivity index (χ2n) is 2.54. The molecule has 0 rings (SSSR count). The molecule has 0 aliphatic heterocycles. The summed E-state index contributed by atoms with van der Waals surface area (Å²) in [7, 11) is 1.78. The molecule has 0 aromatic rings. The SMILES string of the molecule is CNCC[C@@H](O)[C@H](O)CCO. The van der Waals surface area contributed by atoms with Gasteiger partial charge in [-0.15, -0.1) is 0 Å². The smallest absolute Gasteiger partial charge is 0.0821 e. The first-order chi connectivity index (χ1) is 5.22. The summed E-state index contributed by atoms with van der Waals surface area (Å²) in [5.41, 5.74) is 0. The van der Waals surface area contributed by atoms with E-state index in [4.69, 9.17) is 10.2 Å². The molecule has 0 aliphatic carbocycles. The van der Waals surface area contributed by atoms with Gasteiger partial charge in [-0.1, -0.05) is 0 Å². The molecule has 2 atom stereocenters. The van der Waals surface area contributed by atoms with E-state index in [1.165, 1.54) is 0 Å². The lowest BCUT2D eigenvalue weighted by Crippen LogP contribution is -2.29. The maximum Gasteiger partial charge on any atom is 0.0821 e. The molecule has 0 amide bonds. The average molecular weight is 163 g/mol. The second kappa shape index (κ2) is 6.54. The molecule has 0 aromatic carbocycles. The van der Waals surface area contributed by atoms with Crippen LogP contribution in [-0.4, -0.2) is 47.7 Å². The second-order valence-corrected chi connectivity index (χ2v) is 2.54. The van der Waals surface area contributed by atoms with Crippen LogP contribution in [0.4, 0.5) is 0 Å². The van der Waals surface area contributed by atoms with Gasteiger partial charge in [-0.3, -0.25) is 0 Å². The molecule has 0 aliphatic rings. The number of aliphatic hydroxyl groups excluding tert-OH is 3. The molecule has 0 saturated heterocycles. The van der Waals surface area contributed by atoms with Crippen molar-refractivity contribution < 1.29 is 15.3 Å². The third kappa shape index (κ3) is 5.15.